The van der Waals surface area contributed by atoms with Gasteiger partial charge in [0, 0.05) is 19.6 Å². The van der Waals surface area contributed by atoms with E-state index in [1.54, 1.807) is 0 Å². The smallest absolute Gasteiger partial charge is 0.0297 e. The molecule has 60 valence electrons. The highest BCUT2D eigenvalue weighted by molar-refractivity contribution is 4.77. The summed E-state index contributed by atoms with van der Waals surface area (Å²) in [6.07, 6.45) is 4.19. The zero-order valence-corrected chi connectivity index (χ0v) is 7.22. The van der Waals surface area contributed by atoms with Gasteiger partial charge in [0.2, 0.25) is 0 Å². The number of hydrogen-bond donors (Lipinski definition) is 1. The summed E-state index contributed by atoms with van der Waals surface area (Å²) in [5.41, 5.74) is 0. The summed E-state index contributed by atoms with van der Waals surface area (Å²) in [4.78, 5) is 2.27. The quantitative estimate of drug-likeness (QED) is 0.617. The van der Waals surface area contributed by atoms with Crippen LogP contribution in [0.25, 0.3) is 0 Å². The van der Waals surface area contributed by atoms with Gasteiger partial charge in [-0.05, 0) is 27.1 Å². The lowest BCUT2D eigenvalue weighted by Gasteiger charge is -2.16. The predicted molar refractivity (Wildman–Crippen MR) is 46.0 cm³/mol. The van der Waals surface area contributed by atoms with Crippen molar-refractivity contribution in [2.24, 2.45) is 0 Å². The van der Waals surface area contributed by atoms with E-state index in [0.717, 1.165) is 19.6 Å². The number of nitrogens with one attached hydrogen (secondary N) is 1. The van der Waals surface area contributed by atoms with E-state index >= 15 is 0 Å². The van der Waals surface area contributed by atoms with Crippen molar-refractivity contribution >= 4 is 0 Å². The fraction of sp³-hybridized carbons (Fsp3) is 0.750. The summed E-state index contributed by atoms with van der Waals surface area (Å²) >= 11 is 0. The zero-order valence-electron chi connectivity index (χ0n) is 7.22. The average Bonchev–Trinajstić information content (AvgIpc) is 1.98. The molecule has 0 aromatic rings. The molecule has 0 radical (unpaired) electrons. The van der Waals surface area contributed by atoms with Crippen molar-refractivity contribution < 1.29 is 0 Å². The molecule has 0 aliphatic rings. The molecule has 0 aromatic carbocycles. The van der Waals surface area contributed by atoms with E-state index in [9.17, 15) is 0 Å². The van der Waals surface area contributed by atoms with E-state index in [-0.39, 0.29) is 0 Å². The first-order valence-electron chi connectivity index (χ1n) is 3.86. The normalized spacial score (nSPS) is 10.7. The lowest BCUT2D eigenvalue weighted by atomic mass is 10.5. The fourth-order valence-electron chi connectivity index (χ4n) is 0.804. The Balaban J connectivity index is 3.39. The number of nitrogens with zero attached hydrogens (tertiary/aromatic N) is 1. The van der Waals surface area contributed by atoms with Gasteiger partial charge in [-0.3, -0.25) is 0 Å². The van der Waals surface area contributed by atoms with Crippen LogP contribution in [0.1, 0.15) is 13.8 Å². The van der Waals surface area contributed by atoms with Gasteiger partial charge < -0.3 is 10.2 Å². The Kier molecular flexibility index (Phi) is 6.29. The molecule has 0 spiro atoms. The second kappa shape index (κ2) is 6.62. The van der Waals surface area contributed by atoms with E-state index in [0.29, 0.717) is 0 Å². The second-order valence-corrected chi connectivity index (χ2v) is 2.21. The van der Waals surface area contributed by atoms with Crippen LogP contribution in [0.2, 0.25) is 0 Å². The van der Waals surface area contributed by atoms with E-state index in [4.69, 9.17) is 0 Å². The van der Waals surface area contributed by atoms with Crippen LogP contribution in [-0.4, -0.2) is 31.6 Å². The molecule has 0 rings (SSSR count). The number of hydrogen-bond acceptors (Lipinski definition) is 2. The van der Waals surface area contributed by atoms with Gasteiger partial charge in [-0.25, -0.2) is 0 Å². The number of rotatable bonds is 5. The first kappa shape index (κ1) is 9.50. The molecule has 0 aliphatic heterocycles. The Morgan fingerprint density at radius 1 is 1.50 bits per heavy atom. The molecule has 0 unspecified atom stereocenters. The van der Waals surface area contributed by atoms with Gasteiger partial charge in [0.25, 0.3) is 0 Å². The molecule has 0 aliphatic carbocycles. The van der Waals surface area contributed by atoms with Crippen LogP contribution in [0.15, 0.2) is 12.3 Å². The van der Waals surface area contributed by atoms with Crippen LogP contribution in [-0.2, 0) is 0 Å². The Labute approximate surface area is 63.9 Å². The molecule has 0 aromatic heterocycles. The molecule has 2 heteroatoms. The molecule has 1 N–H and O–H groups in total. The van der Waals surface area contributed by atoms with Gasteiger partial charge >= 0.3 is 0 Å². The highest BCUT2D eigenvalue weighted by Crippen LogP contribution is 1.86. The van der Waals surface area contributed by atoms with Crippen LogP contribution in [0.3, 0.4) is 0 Å². The minimum atomic E-state index is 1.05. The van der Waals surface area contributed by atoms with Crippen molar-refractivity contribution in [1.82, 2.24) is 10.2 Å². The summed E-state index contributed by atoms with van der Waals surface area (Å²) in [6.45, 7) is 7.44. The molecule has 0 atom stereocenters. The maximum Gasteiger partial charge on any atom is 0.0297 e. The zero-order chi connectivity index (χ0) is 7.82. The first-order chi connectivity index (χ1) is 4.85. The van der Waals surface area contributed by atoms with Crippen molar-refractivity contribution in [3.05, 3.63) is 12.3 Å². The van der Waals surface area contributed by atoms with Crippen LogP contribution in [0, 0.1) is 0 Å². The number of likely N-dealkylation sites (N-methyl/N-ethyl adjacent to an activating group) is 2. The van der Waals surface area contributed by atoms with E-state index in [2.05, 4.69) is 29.4 Å². The SMILES string of the molecule is C/C=C\N(CC)CCNC. The summed E-state index contributed by atoms with van der Waals surface area (Å²) in [5.74, 6) is 0. The molecular weight excluding hydrogens is 124 g/mol. The molecule has 0 fully saturated rings. The topological polar surface area (TPSA) is 15.3 Å². The fourth-order valence-corrected chi connectivity index (χ4v) is 0.804. The summed E-state index contributed by atoms with van der Waals surface area (Å²) in [7, 11) is 1.98. The monoisotopic (exact) mass is 142 g/mol. The lowest BCUT2D eigenvalue weighted by molar-refractivity contribution is 0.395. The maximum atomic E-state index is 3.12. The van der Waals surface area contributed by atoms with E-state index < -0.39 is 0 Å². The Morgan fingerprint density at radius 3 is 2.60 bits per heavy atom. The average molecular weight is 142 g/mol. The van der Waals surface area contributed by atoms with Gasteiger partial charge in [0.15, 0.2) is 0 Å². The van der Waals surface area contributed by atoms with Crippen LogP contribution >= 0.6 is 0 Å². The van der Waals surface area contributed by atoms with Crippen molar-refractivity contribution in [3.63, 3.8) is 0 Å². The van der Waals surface area contributed by atoms with Gasteiger partial charge in [-0.15, -0.1) is 0 Å². The summed E-state index contributed by atoms with van der Waals surface area (Å²) in [6, 6.07) is 0. The highest BCUT2D eigenvalue weighted by Gasteiger charge is 1.91. The third-order valence-electron chi connectivity index (χ3n) is 1.42. The Hall–Kier alpha value is -0.500. The van der Waals surface area contributed by atoms with Crippen LogP contribution in [0.4, 0.5) is 0 Å². The first-order valence-corrected chi connectivity index (χ1v) is 3.86. The summed E-state index contributed by atoms with van der Waals surface area (Å²) < 4.78 is 0. The largest absolute Gasteiger partial charge is 0.377 e. The van der Waals surface area contributed by atoms with Crippen molar-refractivity contribution in [2.45, 2.75) is 13.8 Å². The van der Waals surface area contributed by atoms with Gasteiger partial charge in [-0.2, -0.15) is 0 Å². The maximum absolute atomic E-state index is 3.12. The molecule has 0 amide bonds. The van der Waals surface area contributed by atoms with E-state index in [1.165, 1.54) is 0 Å². The van der Waals surface area contributed by atoms with Crippen molar-refractivity contribution in [1.29, 1.82) is 0 Å². The highest BCUT2D eigenvalue weighted by atomic mass is 15.1. The third-order valence-corrected chi connectivity index (χ3v) is 1.42. The Bertz CT molecular complexity index is 89.3. The van der Waals surface area contributed by atoms with Crippen LogP contribution < -0.4 is 5.32 Å². The molecule has 0 heterocycles. The molecular formula is C8H18N2. The van der Waals surface area contributed by atoms with Gasteiger partial charge in [-0.1, -0.05) is 6.08 Å². The van der Waals surface area contributed by atoms with Crippen molar-refractivity contribution in [3.8, 4) is 0 Å². The van der Waals surface area contributed by atoms with Crippen molar-refractivity contribution in [2.75, 3.05) is 26.7 Å². The molecule has 2 nitrogen and oxygen atoms in total. The van der Waals surface area contributed by atoms with E-state index in [1.807, 2.05) is 14.0 Å². The minimum Gasteiger partial charge on any atom is -0.377 e. The molecule has 0 saturated heterocycles. The molecule has 0 saturated carbocycles. The Morgan fingerprint density at radius 2 is 2.20 bits per heavy atom. The predicted octanol–water partition coefficient (Wildman–Crippen LogP) is 1.06. The molecule has 0 bridgehead atoms. The van der Waals surface area contributed by atoms with Gasteiger partial charge in [0.05, 0.1) is 0 Å². The third kappa shape index (κ3) is 4.39. The second-order valence-electron chi connectivity index (χ2n) is 2.21. The number of allylic oxidation sites excluding steroid dienone is 1. The molecule has 10 heavy (non-hydrogen) atoms. The van der Waals surface area contributed by atoms with Crippen LogP contribution in [0.5, 0.6) is 0 Å². The minimum absolute atomic E-state index is 1.05. The van der Waals surface area contributed by atoms with Gasteiger partial charge in [0.1, 0.15) is 0 Å². The standard InChI is InChI=1S/C8H18N2/c1-4-7-10(5-2)8-6-9-3/h4,7,9H,5-6,8H2,1-3H3/b7-4-. The summed E-state index contributed by atoms with van der Waals surface area (Å²) in [5, 5.41) is 3.12. The lowest BCUT2D eigenvalue weighted by Crippen LogP contribution is -2.26.